The van der Waals surface area contributed by atoms with Crippen molar-refractivity contribution >= 4 is 45.9 Å². The number of morpholine rings is 1. The van der Waals surface area contributed by atoms with Crippen molar-refractivity contribution in [1.29, 1.82) is 5.26 Å². The topological polar surface area (TPSA) is 157 Å². The minimum atomic E-state index is -1.07. The van der Waals surface area contributed by atoms with Crippen LogP contribution in [-0.4, -0.2) is 56.8 Å². The molecule has 2 aliphatic carbocycles. The molecule has 41 heavy (non-hydrogen) atoms. The van der Waals surface area contributed by atoms with E-state index in [9.17, 15) is 24.4 Å². The molecule has 2 saturated carbocycles. The molecular formula is C28H28ClN7O5. The van der Waals surface area contributed by atoms with Gasteiger partial charge in [-0.05, 0) is 61.8 Å². The molecule has 0 bridgehead atoms. The van der Waals surface area contributed by atoms with Crippen LogP contribution in [0.2, 0.25) is 5.02 Å². The molecule has 0 spiro atoms. The highest BCUT2D eigenvalue weighted by molar-refractivity contribution is 6.32. The zero-order chi connectivity index (χ0) is 28.8. The summed E-state index contributed by atoms with van der Waals surface area (Å²) in [4.78, 5) is 60.0. The summed E-state index contributed by atoms with van der Waals surface area (Å²) in [6, 6.07) is 7.30. The minimum absolute atomic E-state index is 0.0720. The number of carbonyl (C=O) groups is 2. The van der Waals surface area contributed by atoms with Crippen molar-refractivity contribution in [3.63, 3.8) is 0 Å². The normalized spacial score (nSPS) is 18.7. The maximum Gasteiger partial charge on any atom is 0.331 e. The second-order valence-electron chi connectivity index (χ2n) is 10.8. The fourth-order valence-corrected chi connectivity index (χ4v) is 5.35. The van der Waals surface area contributed by atoms with Gasteiger partial charge in [-0.2, -0.15) is 5.26 Å². The Morgan fingerprint density at radius 2 is 1.83 bits per heavy atom. The Bertz CT molecular complexity index is 1720. The number of aromatic nitrogens is 3. The Morgan fingerprint density at radius 1 is 1.12 bits per heavy atom. The van der Waals surface area contributed by atoms with Crippen LogP contribution in [0.15, 0.2) is 40.1 Å². The monoisotopic (exact) mass is 577 g/mol. The van der Waals surface area contributed by atoms with Gasteiger partial charge in [0.25, 0.3) is 11.5 Å². The molecule has 1 atom stereocenters. The van der Waals surface area contributed by atoms with E-state index in [-0.39, 0.29) is 52.9 Å². The lowest BCUT2D eigenvalue weighted by molar-refractivity contribution is -0.133. The molecule has 1 aliphatic heterocycles. The first-order valence-electron chi connectivity index (χ1n) is 13.6. The number of amides is 3. The molecule has 6 rings (SSSR count). The number of urea groups is 1. The fraction of sp³-hybridized carbons (Fsp3) is 0.429. The minimum Gasteiger partial charge on any atom is -0.365 e. The zero-order valence-corrected chi connectivity index (χ0v) is 22.9. The number of halogens is 1. The van der Waals surface area contributed by atoms with Crippen molar-refractivity contribution in [3.8, 4) is 6.07 Å². The van der Waals surface area contributed by atoms with Gasteiger partial charge >= 0.3 is 11.7 Å². The zero-order valence-electron chi connectivity index (χ0n) is 22.2. The van der Waals surface area contributed by atoms with E-state index in [2.05, 4.69) is 4.98 Å². The number of primary amides is 1. The standard InChI is InChI=1S/C28H28ClN7O5/c29-21-9-19(6-5-18(21)11-30)36(26(38)23-15-33(27(31)39)7-8-41-23)24-10-20-22(12-32-24)34(13-16-1-2-16)28(40)35(25(20)37)14-17-3-4-17/h5-6,9-10,12,16-17,23H,1-4,7-8,13-15H2,(H2,31,39). The Labute approximate surface area is 239 Å². The summed E-state index contributed by atoms with van der Waals surface area (Å²) < 4.78 is 8.64. The van der Waals surface area contributed by atoms with Gasteiger partial charge in [-0.1, -0.05) is 11.6 Å². The van der Waals surface area contributed by atoms with Crippen molar-refractivity contribution in [2.24, 2.45) is 17.6 Å². The molecule has 1 saturated heterocycles. The molecule has 2 aromatic heterocycles. The van der Waals surface area contributed by atoms with Crippen LogP contribution in [-0.2, 0) is 22.6 Å². The van der Waals surface area contributed by atoms with Gasteiger partial charge < -0.3 is 15.4 Å². The van der Waals surface area contributed by atoms with E-state index in [0.717, 1.165) is 25.7 Å². The van der Waals surface area contributed by atoms with Gasteiger partial charge in [0.15, 0.2) is 6.10 Å². The smallest absolute Gasteiger partial charge is 0.331 e. The van der Waals surface area contributed by atoms with Gasteiger partial charge in [-0.15, -0.1) is 0 Å². The van der Waals surface area contributed by atoms with E-state index in [1.54, 1.807) is 10.6 Å². The number of nitrogens with zero attached hydrogens (tertiary/aromatic N) is 6. The molecular weight excluding hydrogens is 550 g/mol. The lowest BCUT2D eigenvalue weighted by Crippen LogP contribution is -2.53. The van der Waals surface area contributed by atoms with Crippen LogP contribution in [0.25, 0.3) is 10.9 Å². The predicted molar refractivity (Wildman–Crippen MR) is 150 cm³/mol. The number of nitrogens with two attached hydrogens (primary N) is 1. The van der Waals surface area contributed by atoms with Gasteiger partial charge in [0, 0.05) is 19.6 Å². The molecule has 212 valence electrons. The summed E-state index contributed by atoms with van der Waals surface area (Å²) in [5.41, 5.74) is 5.59. The molecule has 3 aromatic rings. The maximum atomic E-state index is 14.0. The molecule has 13 heteroatoms. The summed E-state index contributed by atoms with van der Waals surface area (Å²) in [5.74, 6) is 0.213. The lowest BCUT2D eigenvalue weighted by atomic mass is 10.1. The largest absolute Gasteiger partial charge is 0.365 e. The van der Waals surface area contributed by atoms with Gasteiger partial charge in [0.2, 0.25) is 0 Å². The van der Waals surface area contributed by atoms with Gasteiger partial charge in [0.05, 0.1) is 46.5 Å². The second-order valence-corrected chi connectivity index (χ2v) is 11.3. The van der Waals surface area contributed by atoms with E-state index in [1.807, 2.05) is 6.07 Å². The summed E-state index contributed by atoms with van der Waals surface area (Å²) in [5, 5.41) is 9.74. The Kier molecular flexibility index (Phi) is 7.01. The van der Waals surface area contributed by atoms with Crippen molar-refractivity contribution in [2.45, 2.75) is 44.9 Å². The third kappa shape index (κ3) is 5.30. The summed E-state index contributed by atoms with van der Waals surface area (Å²) in [6.07, 6.45) is 4.36. The summed E-state index contributed by atoms with van der Waals surface area (Å²) in [7, 11) is 0. The Hall–Kier alpha value is -4.21. The van der Waals surface area contributed by atoms with E-state index in [4.69, 9.17) is 22.1 Å². The van der Waals surface area contributed by atoms with Crippen molar-refractivity contribution in [2.75, 3.05) is 24.6 Å². The number of ether oxygens (including phenoxy) is 1. The highest BCUT2D eigenvalue weighted by atomic mass is 35.5. The third-order valence-corrected chi connectivity index (χ3v) is 8.12. The summed E-state index contributed by atoms with van der Waals surface area (Å²) in [6.45, 7) is 1.12. The number of pyridine rings is 1. The Morgan fingerprint density at radius 3 is 2.46 bits per heavy atom. The molecule has 3 heterocycles. The highest BCUT2D eigenvalue weighted by Crippen LogP contribution is 2.34. The average molecular weight is 578 g/mol. The first-order chi connectivity index (χ1) is 19.7. The van der Waals surface area contributed by atoms with Crippen molar-refractivity contribution in [3.05, 3.63) is 61.9 Å². The van der Waals surface area contributed by atoms with E-state index in [0.29, 0.717) is 30.4 Å². The van der Waals surface area contributed by atoms with Crippen LogP contribution in [0, 0.1) is 23.2 Å². The third-order valence-electron chi connectivity index (χ3n) is 7.81. The molecule has 3 amide bonds. The van der Waals surface area contributed by atoms with Crippen molar-refractivity contribution < 1.29 is 14.3 Å². The number of hydrogen-bond acceptors (Lipinski definition) is 7. The molecule has 2 N–H and O–H groups in total. The average Bonchev–Trinajstić information content (AvgIpc) is 3.90. The number of carbonyl (C=O) groups excluding carboxylic acids is 2. The molecule has 12 nitrogen and oxygen atoms in total. The Balaban J connectivity index is 1.49. The van der Waals surface area contributed by atoms with E-state index < -0.39 is 23.6 Å². The van der Waals surface area contributed by atoms with Crippen LogP contribution < -0.4 is 21.9 Å². The molecule has 1 aromatic carbocycles. The predicted octanol–water partition coefficient (Wildman–Crippen LogP) is 2.35. The van der Waals surface area contributed by atoms with E-state index >= 15 is 0 Å². The van der Waals surface area contributed by atoms with Crippen LogP contribution in [0.5, 0.6) is 0 Å². The molecule has 0 radical (unpaired) electrons. The number of fused-ring (bicyclic) bond motifs is 1. The number of anilines is 2. The van der Waals surface area contributed by atoms with Crippen LogP contribution in [0.4, 0.5) is 16.3 Å². The van der Waals surface area contributed by atoms with Crippen LogP contribution >= 0.6 is 11.6 Å². The van der Waals surface area contributed by atoms with Crippen LogP contribution in [0.3, 0.4) is 0 Å². The summed E-state index contributed by atoms with van der Waals surface area (Å²) >= 11 is 6.33. The first kappa shape index (κ1) is 27.0. The van der Waals surface area contributed by atoms with Gasteiger partial charge in [-0.25, -0.2) is 14.6 Å². The number of hydrogen-bond donors (Lipinski definition) is 1. The molecule has 1 unspecified atom stereocenters. The number of benzene rings is 1. The van der Waals surface area contributed by atoms with Crippen molar-refractivity contribution in [1.82, 2.24) is 19.0 Å². The maximum absolute atomic E-state index is 14.0. The quantitative estimate of drug-likeness (QED) is 0.451. The van der Waals surface area contributed by atoms with Crippen LogP contribution in [0.1, 0.15) is 31.2 Å². The second kappa shape index (κ2) is 10.6. The van der Waals surface area contributed by atoms with Gasteiger partial charge in [0.1, 0.15) is 11.9 Å². The van der Waals surface area contributed by atoms with E-state index in [1.165, 1.54) is 38.8 Å². The SMILES string of the molecule is N#Cc1ccc(N(C(=O)C2CN(C(N)=O)CCO2)c2cc3c(=O)n(CC4CC4)c(=O)n(CC4CC4)c3cn2)cc1Cl. The molecule has 3 aliphatic rings. The number of nitriles is 1. The van der Waals surface area contributed by atoms with Gasteiger partial charge in [-0.3, -0.25) is 23.6 Å². The molecule has 3 fully saturated rings. The fourth-order valence-electron chi connectivity index (χ4n) is 5.13. The first-order valence-corrected chi connectivity index (χ1v) is 14.0. The lowest BCUT2D eigenvalue weighted by Gasteiger charge is -2.34. The highest BCUT2D eigenvalue weighted by Gasteiger charge is 2.35. The number of rotatable bonds is 7.